The maximum Gasteiger partial charge on any atom is 0.348 e. The Morgan fingerprint density at radius 2 is 2.04 bits per heavy atom. The van der Waals surface area contributed by atoms with Crippen molar-refractivity contribution in [3.05, 3.63) is 41.0 Å². The van der Waals surface area contributed by atoms with E-state index < -0.39 is 0 Å². The molecule has 0 saturated heterocycles. The van der Waals surface area contributed by atoms with Gasteiger partial charge in [0.05, 0.1) is 23.8 Å². The van der Waals surface area contributed by atoms with E-state index >= 15 is 0 Å². The number of carbonyl (C=O) groups is 1. The zero-order chi connectivity index (χ0) is 19.4. The highest BCUT2D eigenvalue weighted by molar-refractivity contribution is 7.20. The molecule has 0 fully saturated rings. The number of anilines is 2. The fourth-order valence-corrected chi connectivity index (χ4v) is 3.70. The molecule has 0 saturated carbocycles. The molecule has 0 unspecified atom stereocenters. The third-order valence-corrected chi connectivity index (χ3v) is 5.04. The highest BCUT2D eigenvalue weighted by Gasteiger charge is 2.21. The van der Waals surface area contributed by atoms with Gasteiger partial charge in [-0.3, -0.25) is 0 Å². The van der Waals surface area contributed by atoms with Crippen LogP contribution in [-0.2, 0) is 4.74 Å². The fraction of sp³-hybridized carbons (Fsp3) is 0.350. The second-order valence-corrected chi connectivity index (χ2v) is 7.38. The maximum atomic E-state index is 12.4. The molecule has 27 heavy (non-hydrogen) atoms. The summed E-state index contributed by atoms with van der Waals surface area (Å²) in [7, 11) is 0. The zero-order valence-electron chi connectivity index (χ0n) is 15.9. The quantitative estimate of drug-likeness (QED) is 0.571. The Morgan fingerprint density at radius 3 is 2.78 bits per heavy atom. The molecule has 2 aromatic heterocycles. The molecule has 0 aliphatic carbocycles. The highest BCUT2D eigenvalue weighted by atomic mass is 32.1. The molecule has 0 aliphatic rings. The van der Waals surface area contributed by atoms with Crippen LogP contribution in [0.3, 0.4) is 0 Å². The predicted molar refractivity (Wildman–Crippen MR) is 108 cm³/mol. The van der Waals surface area contributed by atoms with Gasteiger partial charge < -0.3 is 14.8 Å². The Balaban J connectivity index is 1.99. The summed E-state index contributed by atoms with van der Waals surface area (Å²) in [6, 6.07) is 7.73. The van der Waals surface area contributed by atoms with Crippen molar-refractivity contribution in [1.82, 2.24) is 9.97 Å². The van der Waals surface area contributed by atoms with Gasteiger partial charge >= 0.3 is 5.97 Å². The normalized spacial score (nSPS) is 11.0. The van der Waals surface area contributed by atoms with Gasteiger partial charge in [0.15, 0.2) is 0 Å². The first kappa shape index (κ1) is 19.1. The number of aromatic nitrogens is 2. The van der Waals surface area contributed by atoms with Gasteiger partial charge in [0.1, 0.15) is 27.6 Å². The molecular formula is C20H23N3O3S. The van der Waals surface area contributed by atoms with Crippen LogP contribution in [0.15, 0.2) is 30.6 Å². The van der Waals surface area contributed by atoms with Crippen LogP contribution in [0.25, 0.3) is 10.2 Å². The Labute approximate surface area is 162 Å². The van der Waals surface area contributed by atoms with Crippen molar-refractivity contribution < 1.29 is 14.3 Å². The number of thiophene rings is 1. The van der Waals surface area contributed by atoms with E-state index in [1.807, 2.05) is 45.0 Å². The topological polar surface area (TPSA) is 73.3 Å². The minimum atomic E-state index is -0.330. The number of rotatable bonds is 7. The predicted octanol–water partition coefficient (Wildman–Crippen LogP) is 5.10. The van der Waals surface area contributed by atoms with Gasteiger partial charge in [-0.1, -0.05) is 19.1 Å². The molecule has 7 heteroatoms. The van der Waals surface area contributed by atoms with Gasteiger partial charge in [0.25, 0.3) is 0 Å². The number of para-hydroxylation sites is 2. The molecule has 3 aromatic rings. The molecule has 0 radical (unpaired) electrons. The van der Waals surface area contributed by atoms with Crippen molar-refractivity contribution in [1.29, 1.82) is 0 Å². The van der Waals surface area contributed by atoms with Crippen molar-refractivity contribution in [2.75, 3.05) is 11.9 Å². The van der Waals surface area contributed by atoms with E-state index in [2.05, 4.69) is 22.2 Å². The SMILES string of the molecule is CCCOc1ccccc1Nc1ncnc2sc(C(=O)OC(C)C)c(C)c12. The summed E-state index contributed by atoms with van der Waals surface area (Å²) in [5.41, 5.74) is 1.64. The molecule has 142 valence electrons. The highest BCUT2D eigenvalue weighted by Crippen LogP contribution is 2.36. The number of hydrogen-bond donors (Lipinski definition) is 1. The van der Waals surface area contributed by atoms with Crippen molar-refractivity contribution in [3.8, 4) is 5.75 Å². The lowest BCUT2D eigenvalue weighted by Gasteiger charge is -2.13. The van der Waals surface area contributed by atoms with E-state index in [0.29, 0.717) is 17.3 Å². The van der Waals surface area contributed by atoms with Gasteiger partial charge in [-0.05, 0) is 44.9 Å². The van der Waals surface area contributed by atoms with E-state index in [9.17, 15) is 4.79 Å². The zero-order valence-corrected chi connectivity index (χ0v) is 16.7. The number of nitrogens with one attached hydrogen (secondary N) is 1. The van der Waals surface area contributed by atoms with Crippen LogP contribution >= 0.6 is 11.3 Å². The van der Waals surface area contributed by atoms with E-state index in [4.69, 9.17) is 9.47 Å². The average molecular weight is 385 g/mol. The first-order valence-corrected chi connectivity index (χ1v) is 9.76. The second-order valence-electron chi connectivity index (χ2n) is 6.38. The Bertz CT molecular complexity index is 953. The van der Waals surface area contributed by atoms with Gasteiger partial charge in [-0.2, -0.15) is 0 Å². The molecule has 1 N–H and O–H groups in total. The molecule has 0 atom stereocenters. The minimum Gasteiger partial charge on any atom is -0.491 e. The van der Waals surface area contributed by atoms with Crippen LogP contribution in [0.1, 0.15) is 42.4 Å². The van der Waals surface area contributed by atoms with Crippen molar-refractivity contribution in [2.24, 2.45) is 0 Å². The number of ether oxygens (including phenoxy) is 2. The maximum absolute atomic E-state index is 12.4. The number of benzene rings is 1. The van der Waals surface area contributed by atoms with Crippen LogP contribution in [0.2, 0.25) is 0 Å². The number of aryl methyl sites for hydroxylation is 1. The molecule has 0 spiro atoms. The molecule has 3 rings (SSSR count). The standard InChI is InChI=1S/C20H23N3O3S/c1-5-10-25-15-9-7-6-8-14(15)23-18-16-13(4)17(20(24)26-12(2)3)27-19(16)22-11-21-18/h6-9,11-12H,5,10H2,1-4H3,(H,21,22,23). The Kier molecular flexibility index (Phi) is 5.91. The van der Waals surface area contributed by atoms with Crippen LogP contribution in [0.5, 0.6) is 5.75 Å². The second kappa shape index (κ2) is 8.35. The molecule has 6 nitrogen and oxygen atoms in total. The summed E-state index contributed by atoms with van der Waals surface area (Å²) >= 11 is 1.32. The number of hydrogen-bond acceptors (Lipinski definition) is 7. The summed E-state index contributed by atoms with van der Waals surface area (Å²) in [6.07, 6.45) is 2.25. The van der Waals surface area contributed by atoms with E-state index in [1.165, 1.54) is 17.7 Å². The molecule has 0 bridgehead atoms. The van der Waals surface area contributed by atoms with Crippen LogP contribution in [-0.4, -0.2) is 28.6 Å². The smallest absolute Gasteiger partial charge is 0.348 e. The largest absolute Gasteiger partial charge is 0.491 e. The summed E-state index contributed by atoms with van der Waals surface area (Å²) in [4.78, 5) is 22.4. The summed E-state index contributed by atoms with van der Waals surface area (Å²) < 4.78 is 11.2. The average Bonchev–Trinajstić information content (AvgIpc) is 2.98. The monoisotopic (exact) mass is 385 g/mol. The van der Waals surface area contributed by atoms with Crippen LogP contribution < -0.4 is 10.1 Å². The van der Waals surface area contributed by atoms with Crippen LogP contribution in [0, 0.1) is 6.92 Å². The van der Waals surface area contributed by atoms with E-state index in [0.717, 1.165) is 33.6 Å². The lowest BCUT2D eigenvalue weighted by atomic mass is 10.2. The molecular weight excluding hydrogens is 362 g/mol. The van der Waals surface area contributed by atoms with Crippen molar-refractivity contribution >= 4 is 39.0 Å². The summed E-state index contributed by atoms with van der Waals surface area (Å²) in [6.45, 7) is 8.27. The third-order valence-electron chi connectivity index (χ3n) is 3.86. The van der Waals surface area contributed by atoms with Crippen LogP contribution in [0.4, 0.5) is 11.5 Å². The Morgan fingerprint density at radius 1 is 1.26 bits per heavy atom. The van der Waals surface area contributed by atoms with Crippen molar-refractivity contribution in [3.63, 3.8) is 0 Å². The summed E-state index contributed by atoms with van der Waals surface area (Å²) in [5.74, 6) is 1.08. The number of fused-ring (bicyclic) bond motifs is 1. The van der Waals surface area contributed by atoms with Gasteiger partial charge in [0, 0.05) is 0 Å². The fourth-order valence-electron chi connectivity index (χ4n) is 2.66. The minimum absolute atomic E-state index is 0.173. The lowest BCUT2D eigenvalue weighted by Crippen LogP contribution is -2.11. The molecule has 1 aromatic carbocycles. The third kappa shape index (κ3) is 4.19. The lowest BCUT2D eigenvalue weighted by molar-refractivity contribution is 0.0383. The summed E-state index contributed by atoms with van der Waals surface area (Å²) in [5, 5.41) is 4.16. The molecule has 0 aliphatic heterocycles. The first-order valence-electron chi connectivity index (χ1n) is 8.95. The van der Waals surface area contributed by atoms with Gasteiger partial charge in [0.2, 0.25) is 0 Å². The number of nitrogens with zero attached hydrogens (tertiary/aromatic N) is 2. The first-order chi connectivity index (χ1) is 13.0. The number of carbonyl (C=O) groups excluding carboxylic acids is 1. The van der Waals surface area contributed by atoms with E-state index in [1.54, 1.807) is 0 Å². The Hall–Kier alpha value is -2.67. The van der Waals surface area contributed by atoms with Gasteiger partial charge in [-0.25, -0.2) is 14.8 Å². The van der Waals surface area contributed by atoms with Gasteiger partial charge in [-0.15, -0.1) is 11.3 Å². The van der Waals surface area contributed by atoms with Crippen molar-refractivity contribution in [2.45, 2.75) is 40.2 Å². The van der Waals surface area contributed by atoms with E-state index in [-0.39, 0.29) is 12.1 Å². The molecule has 2 heterocycles. The number of esters is 1. The molecule has 0 amide bonds.